The second kappa shape index (κ2) is 6.66. The summed E-state index contributed by atoms with van der Waals surface area (Å²) in [6, 6.07) is 4.57. The van der Waals surface area contributed by atoms with E-state index >= 15 is 0 Å². The molecule has 0 radical (unpaired) electrons. The lowest BCUT2D eigenvalue weighted by molar-refractivity contribution is -0.0439. The molecule has 0 N–H and O–H groups in total. The van der Waals surface area contributed by atoms with Gasteiger partial charge in [-0.05, 0) is 5.56 Å². The summed E-state index contributed by atoms with van der Waals surface area (Å²) < 4.78 is 138. The van der Waals surface area contributed by atoms with E-state index in [1.54, 1.807) is 0 Å². The largest absolute Gasteiger partial charge is 0.499 e. The quantitative estimate of drug-likeness (QED) is 0.692. The Morgan fingerprint density at radius 2 is 1.19 bits per heavy atom. The number of sulfone groups is 2. The second-order valence-corrected chi connectivity index (χ2v) is 10.1. The van der Waals surface area contributed by atoms with Crippen LogP contribution in [-0.4, -0.2) is 52.3 Å². The molecular formula is C13H11F7O4S2. The zero-order valence-corrected chi connectivity index (χ0v) is 14.1. The molecule has 0 aromatic heterocycles. The monoisotopic (exact) mass is 428 g/mol. The van der Waals surface area contributed by atoms with Crippen LogP contribution in [0.4, 0.5) is 30.7 Å². The number of halogens is 7. The third-order valence-electron chi connectivity index (χ3n) is 3.89. The molecule has 1 aliphatic carbocycles. The van der Waals surface area contributed by atoms with E-state index < -0.39 is 65.3 Å². The van der Waals surface area contributed by atoms with E-state index in [0.29, 0.717) is 12.1 Å². The van der Waals surface area contributed by atoms with Gasteiger partial charge >= 0.3 is 5.51 Å². The molecule has 1 aromatic carbocycles. The molecule has 4 nitrogen and oxygen atoms in total. The highest BCUT2D eigenvalue weighted by molar-refractivity contribution is 8.09. The van der Waals surface area contributed by atoms with Gasteiger partial charge in [0.2, 0.25) is 0 Å². The van der Waals surface area contributed by atoms with Gasteiger partial charge in [-0.3, -0.25) is 0 Å². The first kappa shape index (κ1) is 20.9. The molecule has 0 spiro atoms. The minimum atomic E-state index is -6.53. The molecule has 5 unspecified atom stereocenters. The second-order valence-electron chi connectivity index (χ2n) is 5.56. The van der Waals surface area contributed by atoms with Crippen LogP contribution in [0.5, 0.6) is 0 Å². The van der Waals surface area contributed by atoms with Crippen LogP contribution in [0.1, 0.15) is 10.1 Å². The maximum Gasteiger partial charge on any atom is 0.499 e. The van der Waals surface area contributed by atoms with E-state index in [-0.39, 0.29) is 0 Å². The van der Waals surface area contributed by atoms with Crippen molar-refractivity contribution in [2.45, 2.75) is 40.0 Å². The lowest BCUT2D eigenvalue weighted by Crippen LogP contribution is -2.43. The van der Waals surface area contributed by atoms with Crippen molar-refractivity contribution in [3.05, 3.63) is 35.9 Å². The zero-order valence-electron chi connectivity index (χ0n) is 12.4. The van der Waals surface area contributed by atoms with Gasteiger partial charge in [0.25, 0.3) is 9.84 Å². The van der Waals surface area contributed by atoms with Crippen molar-refractivity contribution < 1.29 is 47.6 Å². The van der Waals surface area contributed by atoms with Crippen LogP contribution in [0.2, 0.25) is 0 Å². The lowest BCUT2D eigenvalue weighted by Gasteiger charge is -2.25. The molecule has 148 valence electrons. The first-order chi connectivity index (χ1) is 11.7. The van der Waals surface area contributed by atoms with Crippen LogP contribution in [0.3, 0.4) is 0 Å². The topological polar surface area (TPSA) is 68.3 Å². The van der Waals surface area contributed by atoms with Gasteiger partial charge in [-0.2, -0.15) is 13.2 Å². The van der Waals surface area contributed by atoms with Gasteiger partial charge in [0, 0.05) is 0 Å². The van der Waals surface area contributed by atoms with Gasteiger partial charge in [0.05, 0.1) is 0 Å². The van der Waals surface area contributed by atoms with E-state index in [9.17, 15) is 47.6 Å². The molecule has 0 heterocycles. The highest BCUT2D eigenvalue weighted by Gasteiger charge is 2.65. The summed E-state index contributed by atoms with van der Waals surface area (Å²) in [4.78, 5) is 0. The molecule has 26 heavy (non-hydrogen) atoms. The van der Waals surface area contributed by atoms with Gasteiger partial charge in [-0.15, -0.1) is 0 Å². The zero-order chi connectivity index (χ0) is 20.1. The Morgan fingerprint density at radius 1 is 0.769 bits per heavy atom. The summed E-state index contributed by atoms with van der Waals surface area (Å²) in [6.07, 6.45) is -13.2. The SMILES string of the molecule is O=S(=O)(C1C(F)C(F)C(F)C1F)C(c1ccccc1)S(=O)(=O)C(F)(F)F. The average molecular weight is 428 g/mol. The van der Waals surface area contributed by atoms with Crippen LogP contribution < -0.4 is 0 Å². The third kappa shape index (κ3) is 3.19. The van der Waals surface area contributed by atoms with Crippen molar-refractivity contribution in [1.29, 1.82) is 0 Å². The van der Waals surface area contributed by atoms with Gasteiger partial charge in [-0.25, -0.2) is 34.4 Å². The molecule has 0 saturated heterocycles. The van der Waals surface area contributed by atoms with E-state index in [2.05, 4.69) is 0 Å². The molecule has 0 bridgehead atoms. The van der Waals surface area contributed by atoms with Crippen molar-refractivity contribution >= 4 is 19.7 Å². The van der Waals surface area contributed by atoms with E-state index in [0.717, 1.165) is 12.1 Å². The number of hydrogen-bond acceptors (Lipinski definition) is 4. The molecule has 0 amide bonds. The number of rotatable bonds is 4. The smallest absolute Gasteiger partial charge is 0.243 e. The van der Waals surface area contributed by atoms with Crippen LogP contribution in [0, 0.1) is 0 Å². The Labute approximate surface area is 143 Å². The Morgan fingerprint density at radius 3 is 1.58 bits per heavy atom. The average Bonchev–Trinajstić information content (AvgIpc) is 2.71. The number of alkyl halides is 7. The molecule has 1 saturated carbocycles. The maximum absolute atomic E-state index is 13.8. The van der Waals surface area contributed by atoms with Gasteiger partial charge in [0.15, 0.2) is 39.1 Å². The molecule has 1 aromatic rings. The van der Waals surface area contributed by atoms with Crippen LogP contribution in [-0.2, 0) is 19.7 Å². The van der Waals surface area contributed by atoms with E-state index in [1.807, 2.05) is 0 Å². The summed E-state index contributed by atoms with van der Waals surface area (Å²) >= 11 is 0. The lowest BCUT2D eigenvalue weighted by atomic mass is 10.2. The standard InChI is InChI=1S/C13H11F7O4S2/c14-7-8(15)10(17)11(9(7)16)25(21,22)12(6-4-2-1-3-5-6)26(23,24)13(18,19)20/h1-5,7-12H. The highest BCUT2D eigenvalue weighted by atomic mass is 32.3. The predicted molar refractivity (Wildman–Crippen MR) is 76.4 cm³/mol. The van der Waals surface area contributed by atoms with Gasteiger partial charge < -0.3 is 0 Å². The Kier molecular flexibility index (Phi) is 5.36. The minimum absolute atomic E-state index is 0.681. The van der Waals surface area contributed by atoms with Crippen LogP contribution in [0.25, 0.3) is 0 Å². The third-order valence-corrected chi connectivity index (χ3v) is 9.09. The molecule has 0 aliphatic heterocycles. The Hall–Kier alpha value is -1.37. The Bertz CT molecular complexity index is 840. The number of hydrogen-bond donors (Lipinski definition) is 0. The fourth-order valence-electron chi connectivity index (χ4n) is 2.67. The van der Waals surface area contributed by atoms with Crippen molar-refractivity contribution in [2.24, 2.45) is 0 Å². The number of benzene rings is 1. The van der Waals surface area contributed by atoms with Crippen LogP contribution in [0.15, 0.2) is 30.3 Å². The fraction of sp³-hybridized carbons (Fsp3) is 0.538. The molecular weight excluding hydrogens is 417 g/mol. The summed E-state index contributed by atoms with van der Waals surface area (Å²) in [5.41, 5.74) is -7.05. The minimum Gasteiger partial charge on any atom is -0.243 e. The first-order valence-electron chi connectivity index (χ1n) is 6.88. The van der Waals surface area contributed by atoms with E-state index in [4.69, 9.17) is 0 Å². The first-order valence-corrected chi connectivity index (χ1v) is 10.0. The summed E-state index contributed by atoms with van der Waals surface area (Å²) in [7, 11) is -12.4. The van der Waals surface area contributed by atoms with Gasteiger partial charge in [0.1, 0.15) is 5.25 Å². The molecule has 1 aliphatic rings. The highest BCUT2D eigenvalue weighted by Crippen LogP contribution is 2.45. The van der Waals surface area contributed by atoms with Crippen LogP contribution >= 0.6 is 0 Å². The van der Waals surface area contributed by atoms with Crippen molar-refractivity contribution in [2.75, 3.05) is 0 Å². The summed E-state index contributed by atoms with van der Waals surface area (Å²) in [6.45, 7) is 0. The summed E-state index contributed by atoms with van der Waals surface area (Å²) in [5.74, 6) is 0. The summed E-state index contributed by atoms with van der Waals surface area (Å²) in [5, 5.41) is -3.24. The molecule has 2 rings (SSSR count). The molecule has 13 heteroatoms. The molecule has 1 fully saturated rings. The maximum atomic E-state index is 13.8. The predicted octanol–water partition coefficient (Wildman–Crippen LogP) is 2.77. The fourth-order valence-corrected chi connectivity index (χ4v) is 7.40. The normalized spacial score (nSPS) is 31.7. The Balaban J connectivity index is 2.71. The van der Waals surface area contributed by atoms with Crippen molar-refractivity contribution in [3.8, 4) is 0 Å². The van der Waals surface area contributed by atoms with E-state index in [1.165, 1.54) is 6.07 Å². The van der Waals surface area contributed by atoms with Crippen molar-refractivity contribution in [3.63, 3.8) is 0 Å². The van der Waals surface area contributed by atoms with Gasteiger partial charge in [-0.1, -0.05) is 30.3 Å². The molecule has 5 atom stereocenters. The van der Waals surface area contributed by atoms with Crippen molar-refractivity contribution in [1.82, 2.24) is 0 Å².